The summed E-state index contributed by atoms with van der Waals surface area (Å²) in [7, 11) is 0. The second kappa shape index (κ2) is 7.38. The molecule has 0 aliphatic carbocycles. The van der Waals surface area contributed by atoms with Gasteiger partial charge in [0, 0.05) is 12.0 Å². The van der Waals surface area contributed by atoms with Gasteiger partial charge >= 0.3 is 29.9 Å². The maximum Gasteiger partial charge on any atom is 0.437 e. The van der Waals surface area contributed by atoms with Crippen molar-refractivity contribution in [3.8, 4) is 5.75 Å². The lowest BCUT2D eigenvalue weighted by atomic mass is 9.98. The Kier molecular flexibility index (Phi) is 6.11. The maximum absolute atomic E-state index is 13.0. The minimum absolute atomic E-state index is 0.0663. The molecular formula is C16H14F6O4. The Balaban J connectivity index is 3.08. The van der Waals surface area contributed by atoms with E-state index >= 15 is 0 Å². The first kappa shape index (κ1) is 21.5. The van der Waals surface area contributed by atoms with Crippen LogP contribution in [-0.4, -0.2) is 29.9 Å². The summed E-state index contributed by atoms with van der Waals surface area (Å²) in [6.45, 7) is 5.30. The van der Waals surface area contributed by atoms with Crippen molar-refractivity contribution in [3.63, 3.8) is 0 Å². The summed E-state index contributed by atoms with van der Waals surface area (Å²) in [6.07, 6.45) is -13.3. The minimum atomic E-state index is -5.85. The van der Waals surface area contributed by atoms with E-state index in [9.17, 15) is 35.9 Å². The van der Waals surface area contributed by atoms with Crippen LogP contribution in [0.5, 0.6) is 5.75 Å². The fourth-order valence-corrected chi connectivity index (χ4v) is 1.82. The van der Waals surface area contributed by atoms with Gasteiger partial charge in [0.05, 0.1) is 5.56 Å². The Morgan fingerprint density at radius 2 is 1.46 bits per heavy atom. The van der Waals surface area contributed by atoms with Crippen molar-refractivity contribution in [2.45, 2.75) is 38.2 Å². The average molecular weight is 384 g/mol. The number of carbonyl (C=O) groups excluding carboxylic acids is 2. The van der Waals surface area contributed by atoms with Crippen LogP contribution in [0.25, 0.3) is 0 Å². The number of hydrogen-bond acceptors (Lipinski definition) is 4. The minimum Gasteiger partial charge on any atom is -0.436 e. The summed E-state index contributed by atoms with van der Waals surface area (Å²) < 4.78 is 86.4. The molecule has 10 heteroatoms. The Morgan fingerprint density at radius 1 is 1.00 bits per heavy atom. The topological polar surface area (TPSA) is 52.6 Å². The van der Waals surface area contributed by atoms with Gasteiger partial charge in [0.1, 0.15) is 5.75 Å². The highest BCUT2D eigenvalue weighted by molar-refractivity contribution is 5.91. The summed E-state index contributed by atoms with van der Waals surface area (Å²) in [5, 5.41) is 0. The predicted octanol–water partition coefficient (Wildman–Crippen LogP) is 4.60. The molecule has 26 heavy (non-hydrogen) atoms. The molecule has 0 bridgehead atoms. The summed E-state index contributed by atoms with van der Waals surface area (Å²) in [5.74, 6) is -2.69. The fourth-order valence-electron chi connectivity index (χ4n) is 1.82. The smallest absolute Gasteiger partial charge is 0.436 e. The van der Waals surface area contributed by atoms with Crippen LogP contribution in [0, 0.1) is 0 Å². The van der Waals surface area contributed by atoms with Crippen molar-refractivity contribution in [1.29, 1.82) is 0 Å². The monoisotopic (exact) mass is 384 g/mol. The van der Waals surface area contributed by atoms with Crippen LogP contribution in [0.1, 0.15) is 30.6 Å². The number of ether oxygens (including phenoxy) is 2. The van der Waals surface area contributed by atoms with E-state index in [-0.39, 0.29) is 11.3 Å². The summed E-state index contributed by atoms with van der Waals surface area (Å²) in [5.41, 5.74) is -5.13. The molecular weight excluding hydrogens is 370 g/mol. The third kappa shape index (κ3) is 4.36. The molecule has 144 valence electrons. The van der Waals surface area contributed by atoms with Gasteiger partial charge in [-0.3, -0.25) is 0 Å². The van der Waals surface area contributed by atoms with E-state index in [4.69, 9.17) is 4.74 Å². The van der Waals surface area contributed by atoms with Crippen molar-refractivity contribution >= 4 is 11.9 Å². The van der Waals surface area contributed by atoms with Crippen LogP contribution < -0.4 is 4.74 Å². The van der Waals surface area contributed by atoms with E-state index in [1.165, 1.54) is 6.92 Å². The molecule has 0 spiro atoms. The highest BCUT2D eigenvalue weighted by atomic mass is 19.4. The van der Waals surface area contributed by atoms with Crippen LogP contribution >= 0.6 is 0 Å². The average Bonchev–Trinajstić information content (AvgIpc) is 2.50. The molecule has 0 radical (unpaired) electrons. The number of carbonyl (C=O) groups is 2. The standard InChI is InChI=1S/C16H14F6O4/c1-4-14(15(17,18)19,16(20,21)22)26-13(24)10-5-7-11(8-6-10)25-12(23)9(2)3/h5-8H,2,4H2,1,3H3. The molecule has 0 heterocycles. The van der Waals surface area contributed by atoms with E-state index in [2.05, 4.69) is 11.3 Å². The Morgan fingerprint density at radius 3 is 1.81 bits per heavy atom. The summed E-state index contributed by atoms with van der Waals surface area (Å²) >= 11 is 0. The first-order valence-corrected chi connectivity index (χ1v) is 7.09. The van der Waals surface area contributed by atoms with Crippen LogP contribution in [0.2, 0.25) is 0 Å². The number of rotatable bonds is 5. The highest BCUT2D eigenvalue weighted by Crippen LogP contribution is 2.48. The molecule has 0 atom stereocenters. The van der Waals surface area contributed by atoms with Crippen LogP contribution in [0.3, 0.4) is 0 Å². The number of hydrogen-bond donors (Lipinski definition) is 0. The van der Waals surface area contributed by atoms with Crippen molar-refractivity contribution in [3.05, 3.63) is 42.0 Å². The van der Waals surface area contributed by atoms with E-state index in [0.717, 1.165) is 24.3 Å². The van der Waals surface area contributed by atoms with Gasteiger partial charge in [0.2, 0.25) is 0 Å². The Labute approximate surface area is 144 Å². The Hall–Kier alpha value is -2.52. The zero-order valence-corrected chi connectivity index (χ0v) is 13.6. The number of halogens is 6. The van der Waals surface area contributed by atoms with E-state index in [0.29, 0.717) is 6.92 Å². The van der Waals surface area contributed by atoms with E-state index < -0.39 is 41.9 Å². The van der Waals surface area contributed by atoms with Crippen molar-refractivity contribution in [2.24, 2.45) is 0 Å². The van der Waals surface area contributed by atoms with Gasteiger partial charge in [-0.05, 0) is 31.2 Å². The van der Waals surface area contributed by atoms with Gasteiger partial charge in [-0.15, -0.1) is 0 Å². The van der Waals surface area contributed by atoms with Crippen molar-refractivity contribution in [1.82, 2.24) is 0 Å². The molecule has 0 amide bonds. The molecule has 0 saturated heterocycles. The van der Waals surface area contributed by atoms with Crippen molar-refractivity contribution < 1.29 is 45.4 Å². The first-order valence-electron chi connectivity index (χ1n) is 7.09. The first-order chi connectivity index (χ1) is 11.7. The maximum atomic E-state index is 13.0. The normalized spacial score (nSPS) is 12.5. The molecule has 0 fully saturated rings. The third-order valence-corrected chi connectivity index (χ3v) is 3.33. The van der Waals surface area contributed by atoms with Crippen LogP contribution in [0.4, 0.5) is 26.3 Å². The quantitative estimate of drug-likeness (QED) is 0.322. The molecule has 1 aromatic carbocycles. The summed E-state index contributed by atoms with van der Waals surface area (Å²) in [4.78, 5) is 23.1. The number of esters is 2. The van der Waals surface area contributed by atoms with Gasteiger partial charge < -0.3 is 9.47 Å². The molecule has 0 unspecified atom stereocenters. The van der Waals surface area contributed by atoms with E-state index in [1.54, 1.807) is 0 Å². The van der Waals surface area contributed by atoms with Gasteiger partial charge in [0.25, 0.3) is 0 Å². The zero-order valence-electron chi connectivity index (χ0n) is 13.6. The zero-order chi connectivity index (χ0) is 20.3. The van der Waals surface area contributed by atoms with Crippen LogP contribution in [-0.2, 0) is 9.53 Å². The lowest BCUT2D eigenvalue weighted by Gasteiger charge is -2.35. The molecule has 1 rings (SSSR count). The number of alkyl halides is 6. The molecule has 0 aliphatic heterocycles. The van der Waals surface area contributed by atoms with Gasteiger partial charge in [0.15, 0.2) is 0 Å². The van der Waals surface area contributed by atoms with Crippen molar-refractivity contribution in [2.75, 3.05) is 0 Å². The summed E-state index contributed by atoms with van der Waals surface area (Å²) in [6, 6.07) is 3.78. The molecule has 0 N–H and O–H groups in total. The largest absolute Gasteiger partial charge is 0.437 e. The SMILES string of the molecule is C=C(C)C(=O)Oc1ccc(C(=O)OC(CC)(C(F)(F)F)C(F)(F)F)cc1. The third-order valence-electron chi connectivity index (χ3n) is 3.33. The second-order valence-corrected chi connectivity index (χ2v) is 5.26. The number of benzene rings is 1. The van der Waals surface area contributed by atoms with Gasteiger partial charge in [-0.25, -0.2) is 9.59 Å². The Bertz CT molecular complexity index is 674. The molecule has 4 nitrogen and oxygen atoms in total. The molecule has 0 aromatic heterocycles. The predicted molar refractivity (Wildman–Crippen MR) is 77.4 cm³/mol. The molecule has 0 saturated carbocycles. The van der Waals surface area contributed by atoms with Gasteiger partial charge in [-0.1, -0.05) is 13.5 Å². The molecule has 0 aliphatic rings. The van der Waals surface area contributed by atoms with Gasteiger partial charge in [-0.2, -0.15) is 26.3 Å². The fraction of sp³-hybridized carbons (Fsp3) is 0.375. The second-order valence-electron chi connectivity index (χ2n) is 5.26. The highest BCUT2D eigenvalue weighted by Gasteiger charge is 2.73. The lowest BCUT2D eigenvalue weighted by molar-refractivity contribution is -0.365. The van der Waals surface area contributed by atoms with Crippen LogP contribution in [0.15, 0.2) is 36.4 Å². The molecule has 1 aromatic rings. The van der Waals surface area contributed by atoms with E-state index in [1.807, 2.05) is 0 Å². The lowest BCUT2D eigenvalue weighted by Crippen LogP contribution is -2.59.